The first kappa shape index (κ1) is 18.9. The van der Waals surface area contributed by atoms with Gasteiger partial charge in [-0.1, -0.05) is 76.2 Å². The number of hydrogen-bond acceptors (Lipinski definition) is 3. The lowest BCUT2D eigenvalue weighted by Crippen LogP contribution is -2.09. The first-order chi connectivity index (χ1) is 9.31. The summed E-state index contributed by atoms with van der Waals surface area (Å²) in [5.41, 5.74) is 0. The molecule has 0 N–H and O–H groups in total. The third-order valence-electron chi connectivity index (χ3n) is 3.33. The van der Waals surface area contributed by atoms with Gasteiger partial charge in [-0.3, -0.25) is 0 Å². The van der Waals surface area contributed by atoms with E-state index in [-0.39, 0.29) is 6.10 Å². The van der Waals surface area contributed by atoms with Crippen molar-refractivity contribution in [1.29, 1.82) is 0 Å². The largest absolute Gasteiger partial charge is 0.206 e. The van der Waals surface area contributed by atoms with Crippen LogP contribution in [0.4, 0.5) is 0 Å². The molecule has 1 atom stereocenters. The Morgan fingerprint density at radius 1 is 0.737 bits per heavy atom. The summed E-state index contributed by atoms with van der Waals surface area (Å²) in [6, 6.07) is 0. The predicted molar refractivity (Wildman–Crippen MR) is 79.7 cm³/mol. The van der Waals surface area contributed by atoms with Gasteiger partial charge in [0.2, 0.25) is 0 Å². The van der Waals surface area contributed by atoms with Gasteiger partial charge in [-0.15, -0.1) is 0 Å². The average Bonchev–Trinajstić information content (AvgIpc) is 2.41. The van der Waals surface area contributed by atoms with E-state index in [0.29, 0.717) is 6.61 Å². The summed E-state index contributed by atoms with van der Waals surface area (Å²) in [6.45, 7) is 6.68. The highest BCUT2D eigenvalue weighted by molar-refractivity contribution is 4.51. The Kier molecular flexibility index (Phi) is 15.8. The van der Waals surface area contributed by atoms with Crippen molar-refractivity contribution >= 4 is 0 Å². The minimum absolute atomic E-state index is 0.126. The Morgan fingerprint density at radius 3 is 1.79 bits per heavy atom. The fourth-order valence-electron chi connectivity index (χ4n) is 2.11. The SMILES string of the molecule is CCCCCCCCCCCCC(C)OOOCC. The standard InChI is InChI=1S/C16H34O3/c1-4-6-7-8-9-10-11-12-13-14-15-16(3)18-19-17-5-2/h16H,4-15H2,1-3H3. The molecule has 0 saturated carbocycles. The third-order valence-corrected chi connectivity index (χ3v) is 3.33. The van der Waals surface area contributed by atoms with Crippen LogP contribution < -0.4 is 0 Å². The van der Waals surface area contributed by atoms with Gasteiger partial charge in [0.05, 0.1) is 12.7 Å². The Morgan fingerprint density at radius 2 is 1.26 bits per heavy atom. The molecule has 3 nitrogen and oxygen atoms in total. The molecule has 0 aliphatic heterocycles. The molecule has 0 aliphatic carbocycles. The van der Waals surface area contributed by atoms with Gasteiger partial charge in [-0.2, -0.15) is 0 Å². The number of unbranched alkanes of at least 4 members (excludes halogenated alkanes) is 9. The molecule has 0 rings (SSSR count). The molecule has 0 fully saturated rings. The van der Waals surface area contributed by atoms with Crippen LogP contribution in [0.2, 0.25) is 0 Å². The molecule has 0 heterocycles. The first-order valence-electron chi connectivity index (χ1n) is 8.26. The molecule has 0 amide bonds. The van der Waals surface area contributed by atoms with E-state index in [1.54, 1.807) is 0 Å². The van der Waals surface area contributed by atoms with Gasteiger partial charge in [0.25, 0.3) is 0 Å². The van der Waals surface area contributed by atoms with Crippen LogP contribution in [0.1, 0.15) is 91.4 Å². The van der Waals surface area contributed by atoms with Gasteiger partial charge in [-0.25, -0.2) is 9.78 Å². The molecule has 0 radical (unpaired) electrons. The van der Waals surface area contributed by atoms with E-state index < -0.39 is 0 Å². The van der Waals surface area contributed by atoms with E-state index in [1.807, 2.05) is 13.8 Å². The average molecular weight is 274 g/mol. The molecule has 116 valence electrons. The second kappa shape index (κ2) is 15.9. The summed E-state index contributed by atoms with van der Waals surface area (Å²) in [6.07, 6.45) is 14.8. The van der Waals surface area contributed by atoms with Crippen molar-refractivity contribution in [2.75, 3.05) is 6.61 Å². The van der Waals surface area contributed by atoms with Crippen LogP contribution >= 0.6 is 0 Å². The fourth-order valence-corrected chi connectivity index (χ4v) is 2.11. The first-order valence-corrected chi connectivity index (χ1v) is 8.26. The highest BCUT2D eigenvalue weighted by Gasteiger charge is 2.03. The second-order valence-electron chi connectivity index (χ2n) is 5.35. The van der Waals surface area contributed by atoms with Gasteiger partial charge in [0.1, 0.15) is 0 Å². The Bertz CT molecular complexity index is 162. The lowest BCUT2D eigenvalue weighted by molar-refractivity contribution is -0.524. The summed E-state index contributed by atoms with van der Waals surface area (Å²) in [5, 5.41) is 4.59. The van der Waals surface area contributed by atoms with E-state index in [1.165, 1.54) is 64.2 Å². The second-order valence-corrected chi connectivity index (χ2v) is 5.35. The van der Waals surface area contributed by atoms with Gasteiger partial charge in [0, 0.05) is 0 Å². The lowest BCUT2D eigenvalue weighted by Gasteiger charge is -2.09. The molecular weight excluding hydrogens is 240 g/mol. The van der Waals surface area contributed by atoms with Crippen molar-refractivity contribution in [1.82, 2.24) is 0 Å². The van der Waals surface area contributed by atoms with Crippen LogP contribution in [-0.4, -0.2) is 12.7 Å². The van der Waals surface area contributed by atoms with Crippen LogP contribution in [0.5, 0.6) is 0 Å². The highest BCUT2D eigenvalue weighted by atomic mass is 17.5. The van der Waals surface area contributed by atoms with Crippen LogP contribution in [0.15, 0.2) is 0 Å². The molecule has 0 aromatic heterocycles. The summed E-state index contributed by atoms with van der Waals surface area (Å²) >= 11 is 0. The zero-order valence-electron chi connectivity index (χ0n) is 13.3. The number of rotatable bonds is 15. The minimum Gasteiger partial charge on any atom is -0.206 e. The molecule has 0 aromatic rings. The molecular formula is C16H34O3. The van der Waals surface area contributed by atoms with Gasteiger partial charge in [-0.05, 0) is 20.3 Å². The molecule has 0 spiro atoms. The summed E-state index contributed by atoms with van der Waals surface area (Å²) < 4.78 is 0. The van der Waals surface area contributed by atoms with E-state index in [9.17, 15) is 0 Å². The summed E-state index contributed by atoms with van der Waals surface area (Å²) in [7, 11) is 0. The smallest absolute Gasteiger partial charge is 0.0933 e. The minimum atomic E-state index is 0.126. The monoisotopic (exact) mass is 274 g/mol. The van der Waals surface area contributed by atoms with Gasteiger partial charge in [0.15, 0.2) is 0 Å². The maximum atomic E-state index is 5.04. The summed E-state index contributed by atoms with van der Waals surface area (Å²) in [5.74, 6) is 0. The molecule has 19 heavy (non-hydrogen) atoms. The topological polar surface area (TPSA) is 27.7 Å². The maximum absolute atomic E-state index is 5.04. The van der Waals surface area contributed by atoms with E-state index in [0.717, 1.165) is 6.42 Å². The van der Waals surface area contributed by atoms with Crippen molar-refractivity contribution < 1.29 is 14.8 Å². The molecule has 1 unspecified atom stereocenters. The van der Waals surface area contributed by atoms with Crippen molar-refractivity contribution in [3.05, 3.63) is 0 Å². The van der Waals surface area contributed by atoms with Crippen LogP contribution in [0, 0.1) is 0 Å². The molecule has 3 heteroatoms. The van der Waals surface area contributed by atoms with Crippen LogP contribution in [-0.2, 0) is 14.8 Å². The maximum Gasteiger partial charge on any atom is 0.0933 e. The third kappa shape index (κ3) is 15.8. The van der Waals surface area contributed by atoms with Crippen molar-refractivity contribution in [2.45, 2.75) is 97.5 Å². The lowest BCUT2D eigenvalue weighted by atomic mass is 10.1. The van der Waals surface area contributed by atoms with Crippen LogP contribution in [0.3, 0.4) is 0 Å². The van der Waals surface area contributed by atoms with Gasteiger partial charge >= 0.3 is 0 Å². The molecule has 0 aromatic carbocycles. The fraction of sp³-hybridized carbons (Fsp3) is 1.00. The molecule has 0 saturated heterocycles. The Hall–Kier alpha value is -0.120. The zero-order valence-corrected chi connectivity index (χ0v) is 13.3. The van der Waals surface area contributed by atoms with Gasteiger partial charge < -0.3 is 0 Å². The highest BCUT2D eigenvalue weighted by Crippen LogP contribution is 2.12. The predicted octanol–water partition coefficient (Wildman–Crippen LogP) is 5.59. The van der Waals surface area contributed by atoms with E-state index in [2.05, 4.69) is 16.8 Å². The van der Waals surface area contributed by atoms with Crippen molar-refractivity contribution in [2.24, 2.45) is 0 Å². The van der Waals surface area contributed by atoms with Crippen LogP contribution in [0.25, 0.3) is 0 Å². The summed E-state index contributed by atoms with van der Waals surface area (Å²) in [4.78, 5) is 9.72. The normalized spacial score (nSPS) is 12.8. The van der Waals surface area contributed by atoms with Crippen molar-refractivity contribution in [3.63, 3.8) is 0 Å². The van der Waals surface area contributed by atoms with E-state index in [4.69, 9.17) is 4.89 Å². The quantitative estimate of drug-likeness (QED) is 0.221. The molecule has 0 bridgehead atoms. The van der Waals surface area contributed by atoms with Crippen molar-refractivity contribution in [3.8, 4) is 0 Å². The Balaban J connectivity index is 3.05. The molecule has 0 aliphatic rings. The number of hydrogen-bond donors (Lipinski definition) is 0. The Labute approximate surface area is 119 Å². The van der Waals surface area contributed by atoms with E-state index >= 15 is 0 Å². The zero-order chi connectivity index (χ0) is 14.2.